The number of nitro benzene ring substituents is 1. The summed E-state index contributed by atoms with van der Waals surface area (Å²) in [6.07, 6.45) is 0. The molecule has 1 unspecified atom stereocenters. The van der Waals surface area contributed by atoms with Gasteiger partial charge < -0.3 is 5.73 Å². The van der Waals surface area contributed by atoms with Gasteiger partial charge in [-0.3, -0.25) is 10.1 Å². The number of hydrogen-bond donors (Lipinski definition) is 1. The molecular weight excluding hydrogens is 284 g/mol. The second-order valence-electron chi connectivity index (χ2n) is 4.29. The number of nitriles is 1. The second-order valence-corrected chi connectivity index (χ2v) is 6.31. The highest BCUT2D eigenvalue weighted by atomic mass is 32.2. The standard InChI is InChI=1S/C11H14N4O4S/c1-8(6-12)7-14(2)20(18,19)11-5-9(15(16)17)3-4-10(11)13/h3-5,8H,7,13H2,1-2H3. The van der Waals surface area contributed by atoms with E-state index in [9.17, 15) is 18.5 Å². The van der Waals surface area contributed by atoms with Crippen molar-refractivity contribution in [1.82, 2.24) is 4.31 Å². The summed E-state index contributed by atoms with van der Waals surface area (Å²) < 4.78 is 25.5. The Kier molecular flexibility index (Phi) is 4.65. The van der Waals surface area contributed by atoms with Gasteiger partial charge in [0.25, 0.3) is 5.69 Å². The van der Waals surface area contributed by atoms with E-state index in [2.05, 4.69) is 0 Å². The normalized spacial score (nSPS) is 12.9. The predicted molar refractivity (Wildman–Crippen MR) is 72.1 cm³/mol. The minimum Gasteiger partial charge on any atom is -0.398 e. The SMILES string of the molecule is CC(C#N)CN(C)S(=O)(=O)c1cc([N+](=O)[O-])ccc1N. The fraction of sp³-hybridized carbons (Fsp3) is 0.364. The number of nitrogen functional groups attached to an aromatic ring is 1. The molecule has 108 valence electrons. The van der Waals surface area contributed by atoms with Gasteiger partial charge in [-0.1, -0.05) is 0 Å². The van der Waals surface area contributed by atoms with Crippen molar-refractivity contribution < 1.29 is 13.3 Å². The molecule has 20 heavy (non-hydrogen) atoms. The summed E-state index contributed by atoms with van der Waals surface area (Å²) in [7, 11) is -2.68. The maximum atomic E-state index is 12.3. The van der Waals surface area contributed by atoms with Crippen molar-refractivity contribution in [2.75, 3.05) is 19.3 Å². The van der Waals surface area contributed by atoms with Crippen LogP contribution in [-0.2, 0) is 10.0 Å². The quantitative estimate of drug-likeness (QED) is 0.489. The predicted octanol–water partition coefficient (Wildman–Crippen LogP) is 0.957. The topological polar surface area (TPSA) is 130 Å². The van der Waals surface area contributed by atoms with Crippen LogP contribution in [0.1, 0.15) is 6.92 Å². The molecule has 0 aliphatic carbocycles. The van der Waals surface area contributed by atoms with Crippen LogP contribution >= 0.6 is 0 Å². The third-order valence-electron chi connectivity index (χ3n) is 2.65. The summed E-state index contributed by atoms with van der Waals surface area (Å²) in [5.41, 5.74) is 5.15. The van der Waals surface area contributed by atoms with Crippen LogP contribution in [0.4, 0.5) is 11.4 Å². The van der Waals surface area contributed by atoms with Crippen molar-refractivity contribution in [3.63, 3.8) is 0 Å². The Morgan fingerprint density at radius 2 is 2.15 bits per heavy atom. The number of anilines is 1. The number of nitro groups is 1. The molecule has 1 atom stereocenters. The molecule has 0 aliphatic rings. The molecule has 2 N–H and O–H groups in total. The van der Waals surface area contributed by atoms with Crippen molar-refractivity contribution >= 4 is 21.4 Å². The van der Waals surface area contributed by atoms with Gasteiger partial charge in [0, 0.05) is 25.7 Å². The summed E-state index contributed by atoms with van der Waals surface area (Å²) in [5, 5.41) is 19.4. The van der Waals surface area contributed by atoms with E-state index in [0.29, 0.717) is 0 Å². The highest BCUT2D eigenvalue weighted by Crippen LogP contribution is 2.26. The highest BCUT2D eigenvalue weighted by Gasteiger charge is 2.26. The minimum atomic E-state index is -3.98. The molecule has 0 bridgehead atoms. The van der Waals surface area contributed by atoms with Crippen LogP contribution in [0.15, 0.2) is 23.1 Å². The molecule has 1 rings (SSSR count). The number of nitrogens with zero attached hydrogens (tertiary/aromatic N) is 3. The minimum absolute atomic E-state index is 0.0268. The highest BCUT2D eigenvalue weighted by molar-refractivity contribution is 7.89. The van der Waals surface area contributed by atoms with Crippen LogP contribution in [0.5, 0.6) is 0 Å². The molecule has 0 aromatic heterocycles. The van der Waals surface area contributed by atoms with E-state index in [0.717, 1.165) is 16.4 Å². The lowest BCUT2D eigenvalue weighted by atomic mass is 10.2. The van der Waals surface area contributed by atoms with Gasteiger partial charge in [-0.25, -0.2) is 8.42 Å². The molecule has 0 saturated heterocycles. The van der Waals surface area contributed by atoms with Crippen LogP contribution in [-0.4, -0.2) is 31.2 Å². The lowest BCUT2D eigenvalue weighted by Gasteiger charge is -2.19. The Morgan fingerprint density at radius 3 is 2.65 bits per heavy atom. The van der Waals surface area contributed by atoms with E-state index in [1.165, 1.54) is 13.1 Å². The zero-order valence-electron chi connectivity index (χ0n) is 11.0. The van der Waals surface area contributed by atoms with Gasteiger partial charge in [0.05, 0.1) is 22.6 Å². The Morgan fingerprint density at radius 1 is 1.55 bits per heavy atom. The van der Waals surface area contributed by atoms with Crippen LogP contribution in [0.2, 0.25) is 0 Å². The maximum Gasteiger partial charge on any atom is 0.270 e. The van der Waals surface area contributed by atoms with Crippen molar-refractivity contribution in [2.24, 2.45) is 5.92 Å². The third kappa shape index (κ3) is 3.23. The van der Waals surface area contributed by atoms with Crippen molar-refractivity contribution in [2.45, 2.75) is 11.8 Å². The van der Waals surface area contributed by atoms with Crippen LogP contribution in [0, 0.1) is 27.4 Å². The molecule has 0 heterocycles. The smallest absolute Gasteiger partial charge is 0.270 e. The van der Waals surface area contributed by atoms with E-state index in [1.54, 1.807) is 6.92 Å². The fourth-order valence-electron chi connectivity index (χ4n) is 1.55. The largest absolute Gasteiger partial charge is 0.398 e. The first-order chi connectivity index (χ1) is 9.20. The Bertz CT molecular complexity index is 665. The molecule has 0 amide bonds. The average molecular weight is 298 g/mol. The van der Waals surface area contributed by atoms with Gasteiger partial charge in [0.15, 0.2) is 0 Å². The van der Waals surface area contributed by atoms with Crippen LogP contribution in [0.3, 0.4) is 0 Å². The average Bonchev–Trinajstić information content (AvgIpc) is 2.38. The van der Waals surface area contributed by atoms with E-state index in [1.807, 2.05) is 6.07 Å². The Hall–Kier alpha value is -2.18. The summed E-state index contributed by atoms with van der Waals surface area (Å²) in [5.74, 6) is -0.505. The zero-order chi connectivity index (χ0) is 15.5. The van der Waals surface area contributed by atoms with Gasteiger partial charge in [0.2, 0.25) is 10.0 Å². The van der Waals surface area contributed by atoms with Crippen LogP contribution in [0.25, 0.3) is 0 Å². The molecule has 9 heteroatoms. The molecule has 0 fully saturated rings. The molecule has 1 aromatic rings. The van der Waals surface area contributed by atoms with Gasteiger partial charge in [-0.2, -0.15) is 9.57 Å². The molecule has 0 spiro atoms. The first kappa shape index (κ1) is 15.9. The number of benzene rings is 1. The summed E-state index contributed by atoms with van der Waals surface area (Å²) in [6, 6.07) is 5.14. The summed E-state index contributed by atoms with van der Waals surface area (Å²) >= 11 is 0. The molecule has 8 nitrogen and oxygen atoms in total. The van der Waals surface area contributed by atoms with Gasteiger partial charge in [-0.05, 0) is 13.0 Å². The van der Waals surface area contributed by atoms with Crippen LogP contribution < -0.4 is 5.73 Å². The molecule has 0 aliphatic heterocycles. The Balaban J connectivity index is 3.25. The monoisotopic (exact) mass is 298 g/mol. The fourth-order valence-corrected chi connectivity index (χ4v) is 2.94. The lowest BCUT2D eigenvalue weighted by molar-refractivity contribution is -0.385. The number of sulfonamides is 1. The van der Waals surface area contributed by atoms with Crippen molar-refractivity contribution in [1.29, 1.82) is 5.26 Å². The molecule has 0 saturated carbocycles. The van der Waals surface area contributed by atoms with Gasteiger partial charge >= 0.3 is 0 Å². The van der Waals surface area contributed by atoms with E-state index in [-0.39, 0.29) is 22.8 Å². The number of rotatable bonds is 5. The first-order valence-electron chi connectivity index (χ1n) is 5.60. The Labute approximate surface area is 116 Å². The molecule has 0 radical (unpaired) electrons. The zero-order valence-corrected chi connectivity index (χ0v) is 11.8. The number of nitrogens with two attached hydrogens (primary N) is 1. The summed E-state index contributed by atoms with van der Waals surface area (Å²) in [6.45, 7) is 1.55. The van der Waals surface area contributed by atoms with E-state index < -0.39 is 20.9 Å². The lowest BCUT2D eigenvalue weighted by Crippen LogP contribution is -2.31. The number of hydrogen-bond acceptors (Lipinski definition) is 6. The number of non-ortho nitro benzene ring substituents is 1. The first-order valence-corrected chi connectivity index (χ1v) is 7.04. The second kappa shape index (κ2) is 5.85. The maximum absolute atomic E-state index is 12.3. The third-order valence-corrected chi connectivity index (χ3v) is 4.53. The molecular formula is C11H14N4O4S. The van der Waals surface area contributed by atoms with Crippen molar-refractivity contribution in [3.05, 3.63) is 28.3 Å². The summed E-state index contributed by atoms with van der Waals surface area (Å²) in [4.78, 5) is 9.67. The molecule has 1 aromatic carbocycles. The van der Waals surface area contributed by atoms with E-state index in [4.69, 9.17) is 11.0 Å². The van der Waals surface area contributed by atoms with E-state index >= 15 is 0 Å². The van der Waals surface area contributed by atoms with Crippen molar-refractivity contribution in [3.8, 4) is 6.07 Å². The van der Waals surface area contributed by atoms with Gasteiger partial charge in [0.1, 0.15) is 4.90 Å². The van der Waals surface area contributed by atoms with Gasteiger partial charge in [-0.15, -0.1) is 0 Å².